The van der Waals surface area contributed by atoms with Gasteiger partial charge in [0.2, 0.25) is 0 Å². The summed E-state index contributed by atoms with van der Waals surface area (Å²) in [4.78, 5) is 10.5. The summed E-state index contributed by atoms with van der Waals surface area (Å²) in [5.41, 5.74) is 8.15. The van der Waals surface area contributed by atoms with Crippen LogP contribution in [0.4, 0.5) is 5.69 Å². The van der Waals surface area contributed by atoms with E-state index >= 15 is 0 Å². The van der Waals surface area contributed by atoms with Gasteiger partial charge in [0.15, 0.2) is 0 Å². The molecule has 0 aliphatic carbocycles. The minimum atomic E-state index is 0.336. The van der Waals surface area contributed by atoms with E-state index in [1.807, 2.05) is 18.5 Å². The summed E-state index contributed by atoms with van der Waals surface area (Å²) in [5, 5.41) is 13.5. The molecule has 0 spiro atoms. The number of H-pyrrole nitrogens is 2. The fourth-order valence-corrected chi connectivity index (χ4v) is 5.23. The van der Waals surface area contributed by atoms with Crippen molar-refractivity contribution in [2.45, 2.75) is 26.8 Å². The van der Waals surface area contributed by atoms with Gasteiger partial charge in [0, 0.05) is 38.3 Å². The molecule has 3 N–H and O–H groups in total. The number of anilines is 1. The number of aromatic amines is 2. The largest absolute Gasteiger partial charge is 0.376 e. The third kappa shape index (κ3) is 3.60. The Hall–Kier alpha value is -4.08. The van der Waals surface area contributed by atoms with Gasteiger partial charge in [-0.2, -0.15) is 5.10 Å². The molecule has 0 aliphatic rings. The monoisotopic (exact) mass is 461 g/mol. The van der Waals surface area contributed by atoms with Gasteiger partial charge in [0.05, 0.1) is 28.6 Å². The van der Waals surface area contributed by atoms with E-state index in [-0.39, 0.29) is 0 Å². The van der Waals surface area contributed by atoms with Crippen molar-refractivity contribution in [1.29, 1.82) is 0 Å². The van der Waals surface area contributed by atoms with Gasteiger partial charge in [0.25, 0.3) is 0 Å². The Kier molecular flexibility index (Phi) is 4.86. The van der Waals surface area contributed by atoms with Crippen molar-refractivity contribution < 1.29 is 0 Å². The molecule has 0 aliphatic heterocycles. The number of thiophene rings is 1. The van der Waals surface area contributed by atoms with E-state index in [1.54, 1.807) is 11.3 Å². The van der Waals surface area contributed by atoms with E-state index < -0.39 is 0 Å². The topological polar surface area (TPSA) is 69.4 Å². The molecule has 6 rings (SSSR count). The molecule has 0 saturated heterocycles. The minimum Gasteiger partial charge on any atom is -0.376 e. The van der Waals surface area contributed by atoms with Gasteiger partial charge in [-0.05, 0) is 80.4 Å². The summed E-state index contributed by atoms with van der Waals surface area (Å²) in [5.74, 6) is 0. The predicted molar refractivity (Wildman–Crippen MR) is 141 cm³/mol. The van der Waals surface area contributed by atoms with Gasteiger partial charge in [-0.1, -0.05) is 12.1 Å². The van der Waals surface area contributed by atoms with Crippen LogP contribution in [0, 0.1) is 19.1 Å². The molecular weight excluding hydrogens is 438 g/mol. The minimum absolute atomic E-state index is 0.336. The van der Waals surface area contributed by atoms with Crippen LogP contribution in [0.3, 0.4) is 0 Å². The average molecular weight is 462 g/mol. The smallest absolute Gasteiger partial charge is 0.116 e. The lowest BCUT2D eigenvalue weighted by molar-refractivity contribution is 0.900. The molecule has 0 fully saturated rings. The van der Waals surface area contributed by atoms with Crippen LogP contribution in [0.2, 0.25) is 0 Å². The van der Waals surface area contributed by atoms with E-state index in [9.17, 15) is 0 Å². The van der Waals surface area contributed by atoms with E-state index in [1.165, 1.54) is 9.75 Å². The normalized spacial score (nSPS) is 11.4. The highest BCUT2D eigenvalue weighted by molar-refractivity contribution is 7.15. The first kappa shape index (κ1) is 20.5. The number of hydrogen-bond acceptors (Lipinski definition) is 4. The molecule has 5 nitrogen and oxygen atoms in total. The Labute approximate surface area is 201 Å². The van der Waals surface area contributed by atoms with E-state index in [2.05, 4.69) is 101 Å². The van der Waals surface area contributed by atoms with Crippen LogP contribution in [0.15, 0.2) is 60.9 Å². The summed E-state index contributed by atoms with van der Waals surface area (Å²) < 4.78 is 0. The zero-order valence-electron chi connectivity index (χ0n) is 19.2. The van der Waals surface area contributed by atoms with Crippen LogP contribution in [0.25, 0.3) is 54.8 Å². The molecule has 0 unspecified atom stereocenters. The number of aromatic nitrogens is 4. The number of fused-ring (bicyclic) bond motifs is 2. The third-order valence-electron chi connectivity index (χ3n) is 5.88. The molecule has 4 aromatic heterocycles. The van der Waals surface area contributed by atoms with Crippen LogP contribution >= 0.6 is 11.3 Å². The lowest BCUT2D eigenvalue weighted by atomic mass is 10.0. The average Bonchev–Trinajstić information content (AvgIpc) is 3.55. The van der Waals surface area contributed by atoms with Crippen molar-refractivity contribution in [3.63, 3.8) is 0 Å². The molecule has 4 heterocycles. The van der Waals surface area contributed by atoms with Crippen molar-refractivity contribution >= 4 is 38.8 Å². The highest BCUT2D eigenvalue weighted by Crippen LogP contribution is 2.37. The number of aryl methyl sites for hydroxylation is 1. The van der Waals surface area contributed by atoms with E-state index in [4.69, 9.17) is 0 Å². The summed E-state index contributed by atoms with van der Waals surface area (Å²) in [6, 6.07) is 23.6. The fourth-order valence-electron chi connectivity index (χ4n) is 4.33. The second-order valence-corrected chi connectivity index (χ2v) is 10.1. The summed E-state index contributed by atoms with van der Waals surface area (Å²) >= 11 is 1.78. The lowest BCUT2D eigenvalue weighted by Gasteiger charge is -2.09. The summed E-state index contributed by atoms with van der Waals surface area (Å²) in [6.45, 7) is 6.36. The van der Waals surface area contributed by atoms with E-state index in [0.29, 0.717) is 6.04 Å². The molecule has 2 aromatic carbocycles. The number of rotatable bonds is 5. The first-order chi connectivity index (χ1) is 16.5. The van der Waals surface area contributed by atoms with Gasteiger partial charge in [-0.25, -0.2) is 0 Å². The third-order valence-corrected chi connectivity index (χ3v) is 6.92. The summed E-state index contributed by atoms with van der Waals surface area (Å²) in [6.07, 6.45) is 3.82. The van der Waals surface area contributed by atoms with Gasteiger partial charge in [0.1, 0.15) is 5.69 Å². The lowest BCUT2D eigenvalue weighted by Crippen LogP contribution is -2.09. The highest BCUT2D eigenvalue weighted by Gasteiger charge is 2.15. The first-order valence-electron chi connectivity index (χ1n) is 11.3. The first-order valence-corrected chi connectivity index (χ1v) is 12.1. The molecule has 166 valence electrons. The Bertz CT molecular complexity index is 1640. The Balaban J connectivity index is 1.45. The predicted octanol–water partition coefficient (Wildman–Crippen LogP) is 7.23. The molecule has 6 heteroatoms. The number of pyridine rings is 1. The van der Waals surface area contributed by atoms with Crippen LogP contribution in [0.5, 0.6) is 0 Å². The standard InChI is InChI=1S/C28H23N5S/c1-16(2)30-20-6-4-5-18(11-20)19-8-9-24-22(12-19)28(33-32-24)25-13-21-23(14-29-15-26(21)31-25)27-10-7-17(3)34-27/h5,7-16,30-31H,1-3H3,(H,32,33). The maximum atomic E-state index is 4.66. The van der Waals surface area contributed by atoms with Gasteiger partial charge in [-0.3, -0.25) is 10.1 Å². The van der Waals surface area contributed by atoms with Crippen LogP contribution in [0.1, 0.15) is 18.7 Å². The molecule has 0 bridgehead atoms. The Morgan fingerprint density at radius 1 is 0.971 bits per heavy atom. The van der Waals surface area contributed by atoms with Gasteiger partial charge in [-0.15, -0.1) is 11.3 Å². The van der Waals surface area contributed by atoms with Crippen LogP contribution < -0.4 is 5.32 Å². The quantitative estimate of drug-likeness (QED) is 0.254. The number of nitrogens with one attached hydrogen (secondary N) is 3. The number of hydrogen-bond donors (Lipinski definition) is 3. The van der Waals surface area contributed by atoms with E-state index in [0.717, 1.165) is 55.6 Å². The SMILES string of the molecule is Cc1ccc(-c2cncc3[nH]c(-c4n[nH]c5ccc(-c6cc#cc(NC(C)C)c6)cc45)cc23)s1. The highest BCUT2D eigenvalue weighted by atomic mass is 32.1. The molecular formula is C28H23N5S. The van der Waals surface area contributed by atoms with Crippen molar-refractivity contribution in [2.24, 2.45) is 0 Å². The van der Waals surface area contributed by atoms with Crippen LogP contribution in [-0.4, -0.2) is 26.2 Å². The zero-order chi connectivity index (χ0) is 23.2. The zero-order valence-corrected chi connectivity index (χ0v) is 20.0. The van der Waals surface area contributed by atoms with Crippen molar-refractivity contribution in [2.75, 3.05) is 5.32 Å². The van der Waals surface area contributed by atoms with Crippen molar-refractivity contribution in [3.05, 3.63) is 77.9 Å². The molecule has 0 radical (unpaired) electrons. The maximum Gasteiger partial charge on any atom is 0.116 e. The molecule has 0 saturated carbocycles. The molecule has 34 heavy (non-hydrogen) atoms. The van der Waals surface area contributed by atoms with Crippen molar-refractivity contribution in [3.8, 4) is 33.0 Å². The Morgan fingerprint density at radius 2 is 1.88 bits per heavy atom. The number of benzene rings is 1. The van der Waals surface area contributed by atoms with Crippen LogP contribution in [-0.2, 0) is 0 Å². The van der Waals surface area contributed by atoms with Gasteiger partial charge < -0.3 is 10.3 Å². The van der Waals surface area contributed by atoms with Crippen molar-refractivity contribution in [1.82, 2.24) is 20.2 Å². The second kappa shape index (κ2) is 8.05. The fraction of sp³-hybridized carbons (Fsp3) is 0.143. The Morgan fingerprint density at radius 3 is 2.71 bits per heavy atom. The molecule has 0 atom stereocenters. The second-order valence-electron chi connectivity index (χ2n) is 8.80. The van der Waals surface area contributed by atoms with Gasteiger partial charge >= 0.3 is 0 Å². The molecule has 6 aromatic rings. The number of nitrogens with zero attached hydrogens (tertiary/aromatic N) is 2. The molecule has 0 amide bonds. The maximum absolute atomic E-state index is 4.66. The summed E-state index contributed by atoms with van der Waals surface area (Å²) in [7, 11) is 0.